The second kappa shape index (κ2) is 5.09. The van der Waals surface area contributed by atoms with E-state index in [1.54, 1.807) is 6.07 Å². The van der Waals surface area contributed by atoms with Gasteiger partial charge in [-0.1, -0.05) is 6.08 Å². The molecule has 2 aromatic heterocycles. The van der Waals surface area contributed by atoms with Gasteiger partial charge in [0.15, 0.2) is 11.6 Å². The summed E-state index contributed by atoms with van der Waals surface area (Å²) in [6, 6.07) is 1.60. The van der Waals surface area contributed by atoms with E-state index in [1.165, 1.54) is 6.20 Å². The maximum Gasteiger partial charge on any atom is 0.341 e. The fourth-order valence-corrected chi connectivity index (χ4v) is 3.75. The minimum Gasteiger partial charge on any atom is -0.487 e. The molecular weight excluding hydrogens is 310 g/mol. The first kappa shape index (κ1) is 14.7. The van der Waals surface area contributed by atoms with Crippen molar-refractivity contribution < 1.29 is 14.6 Å². The standard InChI is InChI=1S/C17H17N3O4/c1-2-4-17-5-3-6-20(17)15-12(24-9-17)7-10-13(21)11(16(22)23)8-18-14(10)19-15/h2,7-8H,1,3-6,9H2,(H,22,23)(H,18,19,21). The zero-order chi connectivity index (χ0) is 16.9. The van der Waals surface area contributed by atoms with Gasteiger partial charge >= 0.3 is 5.97 Å². The summed E-state index contributed by atoms with van der Waals surface area (Å²) >= 11 is 0. The number of nitrogens with zero attached hydrogens (tertiary/aromatic N) is 2. The van der Waals surface area contributed by atoms with Crippen LogP contribution >= 0.6 is 0 Å². The number of carbonyl (C=O) groups is 1. The van der Waals surface area contributed by atoms with E-state index >= 15 is 0 Å². The summed E-state index contributed by atoms with van der Waals surface area (Å²) in [5, 5.41) is 9.32. The molecule has 24 heavy (non-hydrogen) atoms. The fraction of sp³-hybridized carbons (Fsp3) is 0.353. The largest absolute Gasteiger partial charge is 0.487 e. The van der Waals surface area contributed by atoms with Crippen molar-refractivity contribution in [1.82, 2.24) is 9.97 Å². The molecule has 7 nitrogen and oxygen atoms in total. The number of pyridine rings is 2. The van der Waals surface area contributed by atoms with Crippen molar-refractivity contribution in [1.29, 1.82) is 0 Å². The molecule has 4 heterocycles. The van der Waals surface area contributed by atoms with Gasteiger partial charge in [-0.2, -0.15) is 0 Å². The second-order valence-corrected chi connectivity index (χ2v) is 6.30. The van der Waals surface area contributed by atoms with Gasteiger partial charge in [0.25, 0.3) is 0 Å². The van der Waals surface area contributed by atoms with Gasteiger partial charge in [0.1, 0.15) is 17.8 Å². The highest BCUT2D eigenvalue weighted by molar-refractivity contribution is 5.92. The Kier molecular flexibility index (Phi) is 3.13. The molecule has 124 valence electrons. The highest BCUT2D eigenvalue weighted by Gasteiger charge is 2.45. The van der Waals surface area contributed by atoms with Crippen molar-refractivity contribution in [3.63, 3.8) is 0 Å². The Balaban J connectivity index is 1.90. The third-order valence-corrected chi connectivity index (χ3v) is 4.91. The van der Waals surface area contributed by atoms with E-state index in [0.29, 0.717) is 23.8 Å². The lowest BCUT2D eigenvalue weighted by Crippen LogP contribution is -2.51. The molecule has 4 rings (SSSR count). The first-order valence-electron chi connectivity index (χ1n) is 7.87. The fourth-order valence-electron chi connectivity index (χ4n) is 3.75. The number of aromatic carboxylic acids is 1. The molecule has 0 radical (unpaired) electrons. The summed E-state index contributed by atoms with van der Waals surface area (Å²) in [6.45, 7) is 5.23. The van der Waals surface area contributed by atoms with Crippen LogP contribution < -0.4 is 15.1 Å². The third kappa shape index (κ3) is 1.94. The Labute approximate surface area is 137 Å². The predicted octanol–water partition coefficient (Wildman–Crippen LogP) is 1.93. The topological polar surface area (TPSA) is 95.5 Å². The predicted molar refractivity (Wildman–Crippen MR) is 88.9 cm³/mol. The van der Waals surface area contributed by atoms with Gasteiger partial charge in [0.2, 0.25) is 5.43 Å². The van der Waals surface area contributed by atoms with E-state index in [0.717, 1.165) is 25.8 Å². The number of ether oxygens (including phenoxy) is 1. The third-order valence-electron chi connectivity index (χ3n) is 4.91. The van der Waals surface area contributed by atoms with Crippen molar-refractivity contribution in [3.8, 4) is 5.75 Å². The van der Waals surface area contributed by atoms with Gasteiger partial charge in [0.05, 0.1) is 10.9 Å². The molecule has 2 N–H and O–H groups in total. The van der Waals surface area contributed by atoms with Crippen LogP contribution in [0.4, 0.5) is 5.82 Å². The molecule has 2 aliphatic rings. The van der Waals surface area contributed by atoms with Crippen LogP contribution in [-0.4, -0.2) is 39.7 Å². The first-order valence-corrected chi connectivity index (χ1v) is 7.87. The number of nitrogens with one attached hydrogen (secondary N) is 1. The molecule has 0 aliphatic carbocycles. The van der Waals surface area contributed by atoms with E-state index in [2.05, 4.69) is 21.4 Å². The molecule has 0 aromatic carbocycles. The summed E-state index contributed by atoms with van der Waals surface area (Å²) in [5.41, 5.74) is -0.619. The number of aromatic nitrogens is 2. The molecule has 1 fully saturated rings. The average molecular weight is 327 g/mol. The molecule has 1 saturated heterocycles. The number of H-pyrrole nitrogens is 1. The van der Waals surface area contributed by atoms with Crippen LogP contribution in [-0.2, 0) is 0 Å². The van der Waals surface area contributed by atoms with E-state index in [9.17, 15) is 9.59 Å². The Morgan fingerprint density at radius 1 is 1.58 bits per heavy atom. The molecule has 0 saturated carbocycles. The monoisotopic (exact) mass is 327 g/mol. The molecule has 2 aromatic rings. The van der Waals surface area contributed by atoms with Crippen molar-refractivity contribution in [3.05, 3.63) is 40.7 Å². The number of carboxylic acid groups (broad SMARTS) is 1. The Morgan fingerprint density at radius 3 is 3.17 bits per heavy atom. The Hall–Kier alpha value is -2.83. The van der Waals surface area contributed by atoms with Gasteiger partial charge < -0.3 is 19.7 Å². The molecule has 0 bridgehead atoms. The van der Waals surface area contributed by atoms with Crippen molar-refractivity contribution in [2.75, 3.05) is 18.1 Å². The van der Waals surface area contributed by atoms with Crippen LogP contribution in [0.2, 0.25) is 0 Å². The molecule has 0 spiro atoms. The van der Waals surface area contributed by atoms with E-state index < -0.39 is 11.4 Å². The highest BCUT2D eigenvalue weighted by Crippen LogP contribution is 2.44. The summed E-state index contributed by atoms with van der Waals surface area (Å²) in [7, 11) is 0. The van der Waals surface area contributed by atoms with E-state index in [1.807, 2.05) is 6.08 Å². The van der Waals surface area contributed by atoms with Crippen LogP contribution in [0.15, 0.2) is 29.7 Å². The van der Waals surface area contributed by atoms with Gasteiger partial charge in [-0.05, 0) is 25.3 Å². The molecule has 1 atom stereocenters. The number of rotatable bonds is 3. The number of hydrogen-bond acceptors (Lipinski definition) is 5. The zero-order valence-corrected chi connectivity index (χ0v) is 13.0. The van der Waals surface area contributed by atoms with Crippen LogP contribution in [0.25, 0.3) is 11.0 Å². The van der Waals surface area contributed by atoms with Crippen LogP contribution in [0.3, 0.4) is 0 Å². The SMILES string of the molecule is C=CCC12CCCN1c1nc3[nH]cc(C(=O)O)c(=O)c3cc1OC2. The zero-order valence-electron chi connectivity index (χ0n) is 13.0. The Bertz CT molecular complexity index is 920. The Morgan fingerprint density at radius 2 is 2.42 bits per heavy atom. The molecule has 7 heteroatoms. The molecule has 2 aliphatic heterocycles. The number of fused-ring (bicyclic) bond motifs is 4. The van der Waals surface area contributed by atoms with Gasteiger partial charge in [-0.25, -0.2) is 9.78 Å². The van der Waals surface area contributed by atoms with Crippen LogP contribution in [0.1, 0.15) is 29.6 Å². The lowest BCUT2D eigenvalue weighted by Gasteiger charge is -2.42. The van der Waals surface area contributed by atoms with Gasteiger partial charge in [0, 0.05) is 12.7 Å². The number of anilines is 1. The van der Waals surface area contributed by atoms with E-state index in [-0.39, 0.29) is 16.5 Å². The normalized spacial score (nSPS) is 21.9. The van der Waals surface area contributed by atoms with Crippen LogP contribution in [0.5, 0.6) is 5.75 Å². The number of hydrogen-bond donors (Lipinski definition) is 2. The smallest absolute Gasteiger partial charge is 0.341 e. The van der Waals surface area contributed by atoms with Crippen molar-refractivity contribution in [2.24, 2.45) is 0 Å². The van der Waals surface area contributed by atoms with Crippen molar-refractivity contribution >= 4 is 22.8 Å². The maximum atomic E-state index is 12.3. The van der Waals surface area contributed by atoms with Gasteiger partial charge in [-0.3, -0.25) is 4.79 Å². The van der Waals surface area contributed by atoms with Crippen LogP contribution in [0, 0.1) is 0 Å². The van der Waals surface area contributed by atoms with Crippen molar-refractivity contribution in [2.45, 2.75) is 24.8 Å². The quantitative estimate of drug-likeness (QED) is 0.836. The highest BCUT2D eigenvalue weighted by atomic mass is 16.5. The summed E-state index contributed by atoms with van der Waals surface area (Å²) in [4.78, 5) is 33.1. The second-order valence-electron chi connectivity index (χ2n) is 6.30. The maximum absolute atomic E-state index is 12.3. The summed E-state index contributed by atoms with van der Waals surface area (Å²) in [6.07, 6.45) is 5.95. The van der Waals surface area contributed by atoms with E-state index in [4.69, 9.17) is 9.84 Å². The minimum atomic E-state index is -1.26. The van der Waals surface area contributed by atoms with Gasteiger partial charge in [-0.15, -0.1) is 6.58 Å². The molecule has 1 unspecified atom stereocenters. The number of aromatic amines is 1. The first-order chi connectivity index (χ1) is 11.6. The average Bonchev–Trinajstić information content (AvgIpc) is 2.98. The lowest BCUT2D eigenvalue weighted by atomic mass is 9.92. The summed E-state index contributed by atoms with van der Waals surface area (Å²) in [5.74, 6) is -0.0368. The molecule has 0 amide bonds. The lowest BCUT2D eigenvalue weighted by molar-refractivity contribution is 0.0695. The number of carboxylic acids is 1. The molecular formula is C17H17N3O4. The summed E-state index contributed by atoms with van der Waals surface area (Å²) < 4.78 is 5.90. The minimum absolute atomic E-state index is 0.128.